The average Bonchev–Trinajstić information content (AvgIpc) is 3.73. The van der Waals surface area contributed by atoms with E-state index in [1.165, 1.54) is 12.8 Å². The Balaban J connectivity index is 1.55. The van der Waals surface area contributed by atoms with Gasteiger partial charge in [-0.05, 0) is 61.9 Å². The molecule has 1 fully saturated rings. The Morgan fingerprint density at radius 1 is 1.05 bits per heavy atom. The second kappa shape index (κ2) is 12.5. The molecular formula is C29H40N4O5. The number of methoxy groups -OCH3 is 2. The van der Waals surface area contributed by atoms with Gasteiger partial charge in [0.25, 0.3) is 5.91 Å². The monoisotopic (exact) mass is 524 g/mol. The van der Waals surface area contributed by atoms with E-state index in [0.29, 0.717) is 41.6 Å². The van der Waals surface area contributed by atoms with E-state index in [0.717, 1.165) is 19.0 Å². The normalized spacial score (nSPS) is 22.9. The van der Waals surface area contributed by atoms with Gasteiger partial charge < -0.3 is 29.7 Å². The molecule has 1 aliphatic heterocycles. The summed E-state index contributed by atoms with van der Waals surface area (Å²) in [6.07, 6.45) is 2.47. The molecule has 0 bridgehead atoms. The lowest BCUT2D eigenvalue weighted by Gasteiger charge is -2.36. The van der Waals surface area contributed by atoms with Crippen LogP contribution in [-0.2, 0) is 4.74 Å². The number of amides is 3. The summed E-state index contributed by atoms with van der Waals surface area (Å²) >= 11 is 0. The minimum Gasteiger partial charge on any atom is -0.497 e. The molecular weight excluding hydrogens is 484 g/mol. The lowest BCUT2D eigenvalue weighted by molar-refractivity contribution is 0.00994. The van der Waals surface area contributed by atoms with E-state index in [1.54, 1.807) is 68.6 Å². The number of nitrogens with zero attached hydrogens (tertiary/aromatic N) is 2. The Hall–Kier alpha value is -3.30. The molecule has 2 aliphatic rings. The van der Waals surface area contributed by atoms with Crippen LogP contribution in [0.15, 0.2) is 42.5 Å². The molecule has 3 atom stereocenters. The quantitative estimate of drug-likeness (QED) is 0.576. The molecule has 38 heavy (non-hydrogen) atoms. The lowest BCUT2D eigenvalue weighted by atomic mass is 10.0. The Morgan fingerprint density at radius 2 is 1.79 bits per heavy atom. The highest BCUT2D eigenvalue weighted by molar-refractivity contribution is 6.02. The van der Waals surface area contributed by atoms with Crippen molar-refractivity contribution in [3.8, 4) is 11.5 Å². The Bertz CT molecular complexity index is 1120. The first-order chi connectivity index (χ1) is 18.3. The van der Waals surface area contributed by atoms with E-state index in [1.807, 2.05) is 0 Å². The van der Waals surface area contributed by atoms with Crippen molar-refractivity contribution in [1.82, 2.24) is 9.80 Å². The molecule has 0 unspecified atom stereocenters. The predicted octanol–water partition coefficient (Wildman–Crippen LogP) is 4.56. The van der Waals surface area contributed by atoms with Gasteiger partial charge in [-0.3, -0.25) is 9.69 Å². The number of urea groups is 1. The molecule has 2 aromatic rings. The van der Waals surface area contributed by atoms with Crippen LogP contribution in [0.5, 0.6) is 11.5 Å². The van der Waals surface area contributed by atoms with Gasteiger partial charge in [-0.25, -0.2) is 4.79 Å². The molecule has 1 aliphatic carbocycles. The zero-order valence-electron chi connectivity index (χ0n) is 23.0. The van der Waals surface area contributed by atoms with Crippen molar-refractivity contribution in [2.24, 2.45) is 11.8 Å². The van der Waals surface area contributed by atoms with E-state index >= 15 is 0 Å². The third-order valence-electron chi connectivity index (χ3n) is 7.35. The minimum absolute atomic E-state index is 0.100. The van der Waals surface area contributed by atoms with Crippen molar-refractivity contribution in [1.29, 1.82) is 0 Å². The van der Waals surface area contributed by atoms with Crippen LogP contribution in [-0.4, -0.2) is 81.4 Å². The molecule has 206 valence electrons. The van der Waals surface area contributed by atoms with Crippen LogP contribution in [0, 0.1) is 11.8 Å². The van der Waals surface area contributed by atoms with Crippen LogP contribution in [0.4, 0.5) is 16.2 Å². The maximum Gasteiger partial charge on any atom is 0.323 e. The van der Waals surface area contributed by atoms with Gasteiger partial charge in [-0.2, -0.15) is 0 Å². The molecule has 9 nitrogen and oxygen atoms in total. The molecule has 1 heterocycles. The van der Waals surface area contributed by atoms with Crippen LogP contribution in [0.25, 0.3) is 0 Å². The smallest absolute Gasteiger partial charge is 0.323 e. The van der Waals surface area contributed by atoms with Gasteiger partial charge in [0.05, 0.1) is 18.8 Å². The van der Waals surface area contributed by atoms with Gasteiger partial charge in [0.2, 0.25) is 0 Å². The number of carbonyl (C=O) groups excluding carboxylic acids is 2. The van der Waals surface area contributed by atoms with E-state index in [-0.39, 0.29) is 24.0 Å². The molecule has 0 saturated heterocycles. The summed E-state index contributed by atoms with van der Waals surface area (Å²) in [5.41, 5.74) is 1.48. The van der Waals surface area contributed by atoms with Gasteiger partial charge in [0.15, 0.2) is 0 Å². The fraction of sp³-hybridized carbons (Fsp3) is 0.517. The summed E-state index contributed by atoms with van der Waals surface area (Å²) in [5.74, 6) is 1.95. The van der Waals surface area contributed by atoms with Crippen molar-refractivity contribution in [2.75, 3.05) is 58.1 Å². The molecule has 1 saturated carbocycles. The number of likely N-dealkylation sites (N-methyl/N-ethyl adjacent to an activating group) is 1. The van der Waals surface area contributed by atoms with E-state index in [2.05, 4.69) is 29.4 Å². The fourth-order valence-electron chi connectivity index (χ4n) is 4.81. The number of carbonyl (C=O) groups is 2. The van der Waals surface area contributed by atoms with Crippen LogP contribution in [0.2, 0.25) is 0 Å². The van der Waals surface area contributed by atoms with Gasteiger partial charge in [0.1, 0.15) is 18.1 Å². The molecule has 0 radical (unpaired) electrons. The highest BCUT2D eigenvalue weighted by atomic mass is 16.5. The van der Waals surface area contributed by atoms with Gasteiger partial charge in [-0.15, -0.1) is 0 Å². The molecule has 9 heteroatoms. The van der Waals surface area contributed by atoms with Crippen molar-refractivity contribution in [3.05, 3.63) is 48.0 Å². The average molecular weight is 525 g/mol. The van der Waals surface area contributed by atoms with Crippen LogP contribution < -0.4 is 20.1 Å². The number of hydrogen-bond acceptors (Lipinski definition) is 6. The molecule has 2 N–H and O–H groups in total. The molecule has 4 rings (SSSR count). The third-order valence-corrected chi connectivity index (χ3v) is 7.35. The Labute approximate surface area is 225 Å². The lowest BCUT2D eigenvalue weighted by Crippen LogP contribution is -2.47. The number of nitrogens with one attached hydrogen (secondary N) is 2. The van der Waals surface area contributed by atoms with E-state index in [9.17, 15) is 9.59 Å². The number of anilines is 2. The van der Waals surface area contributed by atoms with Crippen molar-refractivity contribution >= 4 is 23.3 Å². The largest absolute Gasteiger partial charge is 0.497 e. The van der Waals surface area contributed by atoms with Gasteiger partial charge >= 0.3 is 6.03 Å². The number of benzene rings is 2. The zero-order chi connectivity index (χ0) is 27.2. The second-order valence-corrected chi connectivity index (χ2v) is 10.5. The van der Waals surface area contributed by atoms with Crippen LogP contribution >= 0.6 is 0 Å². The number of ether oxygens (including phenoxy) is 3. The number of hydrogen-bond donors (Lipinski definition) is 2. The van der Waals surface area contributed by atoms with Crippen LogP contribution in [0.1, 0.15) is 37.0 Å². The van der Waals surface area contributed by atoms with Crippen molar-refractivity contribution < 1.29 is 23.8 Å². The highest BCUT2D eigenvalue weighted by Gasteiger charge is 2.31. The Kier molecular flexibility index (Phi) is 9.12. The first-order valence-electron chi connectivity index (χ1n) is 13.3. The molecule has 0 aromatic heterocycles. The summed E-state index contributed by atoms with van der Waals surface area (Å²) in [6.45, 7) is 7.22. The molecule has 0 spiro atoms. The summed E-state index contributed by atoms with van der Waals surface area (Å²) in [5, 5.41) is 5.61. The SMILES string of the molecule is COc1cccc(NC(=O)Nc2ccc3c(c2)C(=O)N(C)C[C@H](OC)[C@@H](C)CN(CC2CC2)[C@H](C)CO3)c1. The van der Waals surface area contributed by atoms with Crippen molar-refractivity contribution in [3.63, 3.8) is 0 Å². The summed E-state index contributed by atoms with van der Waals surface area (Å²) in [4.78, 5) is 30.4. The summed E-state index contributed by atoms with van der Waals surface area (Å²) in [6, 6.07) is 12.0. The number of fused-ring (bicyclic) bond motifs is 1. The molecule has 3 amide bonds. The zero-order valence-corrected chi connectivity index (χ0v) is 23.0. The first kappa shape index (κ1) is 27.7. The highest BCUT2D eigenvalue weighted by Crippen LogP contribution is 2.32. The van der Waals surface area contributed by atoms with Crippen molar-refractivity contribution in [2.45, 2.75) is 38.8 Å². The van der Waals surface area contributed by atoms with Gasteiger partial charge in [-0.1, -0.05) is 13.0 Å². The molecule has 2 aromatic carbocycles. The maximum atomic E-state index is 13.6. The second-order valence-electron chi connectivity index (χ2n) is 10.5. The number of rotatable bonds is 6. The Morgan fingerprint density at radius 3 is 2.47 bits per heavy atom. The van der Waals surface area contributed by atoms with E-state index < -0.39 is 6.03 Å². The maximum absolute atomic E-state index is 13.6. The van der Waals surface area contributed by atoms with Gasteiger partial charge in [0, 0.05) is 57.3 Å². The van der Waals surface area contributed by atoms with Crippen LogP contribution in [0.3, 0.4) is 0 Å². The minimum atomic E-state index is -0.425. The standard InChI is InChI=1S/C29H40N4O5/c1-19-15-33(16-21-9-10-21)20(2)18-38-26-12-11-23(14-25(26)28(34)32(3)17-27(19)37-5)31-29(35)30-22-7-6-8-24(13-22)36-4/h6-8,11-14,19-21,27H,9-10,15-18H2,1-5H3,(H2,30,31,35)/t19-,20+,27-/m0/s1. The third kappa shape index (κ3) is 7.17. The summed E-state index contributed by atoms with van der Waals surface area (Å²) in [7, 11) is 5.05. The fourth-order valence-corrected chi connectivity index (χ4v) is 4.81. The predicted molar refractivity (Wildman–Crippen MR) is 148 cm³/mol. The first-order valence-corrected chi connectivity index (χ1v) is 13.3. The summed E-state index contributed by atoms with van der Waals surface area (Å²) < 4.78 is 17.3. The van der Waals surface area contributed by atoms with E-state index in [4.69, 9.17) is 14.2 Å². The topological polar surface area (TPSA) is 92.4 Å².